The van der Waals surface area contributed by atoms with Crippen molar-refractivity contribution in [2.75, 3.05) is 6.54 Å². The third kappa shape index (κ3) is 6.26. The van der Waals surface area contributed by atoms with Crippen LogP contribution in [0.15, 0.2) is 30.3 Å². The number of hydrogen-bond donors (Lipinski definition) is 3. The fourth-order valence-electron chi connectivity index (χ4n) is 4.66. The molecule has 0 unspecified atom stereocenters. The van der Waals surface area contributed by atoms with Crippen LogP contribution in [0, 0.1) is 11.8 Å². The maximum absolute atomic E-state index is 10.6. The molecule has 0 aromatic heterocycles. The van der Waals surface area contributed by atoms with E-state index in [1.54, 1.807) is 0 Å². The Bertz CT molecular complexity index is 640. The molecule has 1 aromatic rings. The molecule has 2 aliphatic rings. The minimum atomic E-state index is -0.690. The van der Waals surface area contributed by atoms with Crippen molar-refractivity contribution in [1.29, 1.82) is 0 Å². The molecule has 0 spiro atoms. The molecule has 2 heterocycles. The molecule has 2 saturated heterocycles. The number of fused-ring (bicyclic) bond motifs is 2. The molecule has 0 aliphatic carbocycles. The smallest absolute Gasteiger partial charge is 0.303 e. The molecule has 3 N–H and O–H groups in total. The highest BCUT2D eigenvalue weighted by Crippen LogP contribution is 2.45. The van der Waals surface area contributed by atoms with Crippen molar-refractivity contribution in [1.82, 2.24) is 10.9 Å². The van der Waals surface area contributed by atoms with Crippen LogP contribution in [0.2, 0.25) is 0 Å². The van der Waals surface area contributed by atoms with Gasteiger partial charge < -0.3 is 15.3 Å². The lowest BCUT2D eigenvalue weighted by atomic mass is 9.76. The Morgan fingerprint density at radius 2 is 1.79 bits per heavy atom. The van der Waals surface area contributed by atoms with E-state index in [-0.39, 0.29) is 0 Å². The number of rotatable bonds is 12. The molecule has 154 valence electrons. The fraction of sp³-hybridized carbons (Fsp3) is 0.636. The summed E-state index contributed by atoms with van der Waals surface area (Å²) in [6.45, 7) is 0.875. The predicted molar refractivity (Wildman–Crippen MR) is 114 cm³/mol. The molecular weight excluding hydrogens is 372 g/mol. The second kappa shape index (κ2) is 10.9. The molecule has 0 radical (unpaired) electrons. The first-order valence-corrected chi connectivity index (χ1v) is 11.0. The van der Waals surface area contributed by atoms with E-state index in [2.05, 4.69) is 23.0 Å². The molecule has 2 aliphatic heterocycles. The van der Waals surface area contributed by atoms with Crippen LogP contribution >= 0.6 is 12.2 Å². The van der Waals surface area contributed by atoms with Gasteiger partial charge in [-0.15, -0.1) is 0 Å². The van der Waals surface area contributed by atoms with Gasteiger partial charge in [0.2, 0.25) is 0 Å². The Kier molecular flexibility index (Phi) is 8.25. The van der Waals surface area contributed by atoms with Crippen molar-refractivity contribution in [2.45, 2.75) is 70.0 Å². The average Bonchev–Trinajstić information content (AvgIpc) is 3.27. The van der Waals surface area contributed by atoms with Crippen LogP contribution in [0.5, 0.6) is 0 Å². The Morgan fingerprint density at radius 1 is 1.07 bits per heavy atom. The van der Waals surface area contributed by atoms with Gasteiger partial charge in [0.25, 0.3) is 0 Å². The maximum atomic E-state index is 10.6. The van der Waals surface area contributed by atoms with Crippen molar-refractivity contribution in [3.8, 4) is 0 Å². The quantitative estimate of drug-likeness (QED) is 0.279. The number of thiocarbonyl (C=S) groups is 1. The van der Waals surface area contributed by atoms with E-state index in [0.29, 0.717) is 30.5 Å². The number of carboxylic acid groups (broad SMARTS) is 1. The van der Waals surface area contributed by atoms with E-state index in [4.69, 9.17) is 22.1 Å². The molecule has 28 heavy (non-hydrogen) atoms. The highest BCUT2D eigenvalue weighted by Gasteiger charge is 2.47. The van der Waals surface area contributed by atoms with Gasteiger partial charge in [0.15, 0.2) is 0 Å². The lowest BCUT2D eigenvalue weighted by molar-refractivity contribution is -0.137. The summed E-state index contributed by atoms with van der Waals surface area (Å²) in [4.78, 5) is 11.4. The van der Waals surface area contributed by atoms with Crippen LogP contribution in [0.4, 0.5) is 0 Å². The number of ether oxygens (including phenoxy) is 1. The fourth-order valence-corrected chi connectivity index (χ4v) is 4.89. The van der Waals surface area contributed by atoms with Crippen molar-refractivity contribution < 1.29 is 14.6 Å². The Labute approximate surface area is 173 Å². The van der Waals surface area contributed by atoms with Gasteiger partial charge in [0.05, 0.1) is 17.2 Å². The standard InChI is InChI=1S/C22H32N2O3S/c25-22(26)11-7-2-1-6-10-17-18(20-13-12-19(17)27-20)15-23-24-21(28)14-16-8-4-3-5-9-16/h3-5,8-9,17-20,23H,1-2,6-7,10-15H2,(H,24,28)(H,25,26)/t17-,18-,19+,20-/m1/s1. The molecule has 0 amide bonds. The minimum absolute atomic E-state index is 0.290. The number of hydrogen-bond acceptors (Lipinski definition) is 4. The van der Waals surface area contributed by atoms with Gasteiger partial charge in [0.1, 0.15) is 0 Å². The molecule has 6 heteroatoms. The average molecular weight is 405 g/mol. The summed E-state index contributed by atoms with van der Waals surface area (Å²) in [5.41, 5.74) is 7.77. The van der Waals surface area contributed by atoms with E-state index in [9.17, 15) is 4.79 Å². The number of aliphatic carboxylic acids is 1. The van der Waals surface area contributed by atoms with Crippen LogP contribution in [0.1, 0.15) is 56.9 Å². The number of carbonyl (C=O) groups is 1. The van der Waals surface area contributed by atoms with Crippen LogP contribution < -0.4 is 10.9 Å². The highest BCUT2D eigenvalue weighted by molar-refractivity contribution is 7.80. The summed E-state index contributed by atoms with van der Waals surface area (Å²) in [6.07, 6.45) is 9.41. The summed E-state index contributed by atoms with van der Waals surface area (Å²) >= 11 is 5.45. The third-order valence-electron chi connectivity index (χ3n) is 6.04. The maximum Gasteiger partial charge on any atom is 0.303 e. The highest BCUT2D eigenvalue weighted by atomic mass is 32.1. The lowest BCUT2D eigenvalue weighted by Crippen LogP contribution is -2.44. The topological polar surface area (TPSA) is 70.6 Å². The van der Waals surface area contributed by atoms with Crippen LogP contribution in [0.3, 0.4) is 0 Å². The van der Waals surface area contributed by atoms with E-state index >= 15 is 0 Å². The van der Waals surface area contributed by atoms with Crippen molar-refractivity contribution in [3.05, 3.63) is 35.9 Å². The molecule has 0 saturated carbocycles. The molecule has 1 aromatic carbocycles. The van der Waals surface area contributed by atoms with Crippen molar-refractivity contribution in [3.63, 3.8) is 0 Å². The normalized spacial score (nSPS) is 25.7. The van der Waals surface area contributed by atoms with Crippen LogP contribution in [-0.4, -0.2) is 34.8 Å². The summed E-state index contributed by atoms with van der Waals surface area (Å²) in [5.74, 6) is 0.449. The molecular formula is C22H32N2O3S. The molecule has 5 nitrogen and oxygen atoms in total. The number of hydrazine groups is 1. The number of nitrogens with one attached hydrogen (secondary N) is 2. The second-order valence-electron chi connectivity index (χ2n) is 8.06. The Hall–Kier alpha value is -1.50. The van der Waals surface area contributed by atoms with Gasteiger partial charge in [-0.2, -0.15) is 0 Å². The van der Waals surface area contributed by atoms with Crippen LogP contribution in [-0.2, 0) is 16.0 Å². The molecule has 2 fully saturated rings. The lowest BCUT2D eigenvalue weighted by Gasteiger charge is -2.28. The summed E-state index contributed by atoms with van der Waals surface area (Å²) in [5, 5.41) is 8.71. The van der Waals surface area contributed by atoms with Gasteiger partial charge in [-0.1, -0.05) is 61.8 Å². The van der Waals surface area contributed by atoms with Crippen molar-refractivity contribution in [2.24, 2.45) is 11.8 Å². The number of carboxylic acids is 1. The first kappa shape index (κ1) is 21.2. The Balaban J connectivity index is 1.36. The molecule has 4 atom stereocenters. The number of benzene rings is 1. The van der Waals surface area contributed by atoms with Crippen LogP contribution in [0.25, 0.3) is 0 Å². The van der Waals surface area contributed by atoms with Crippen molar-refractivity contribution >= 4 is 23.2 Å². The first-order valence-electron chi connectivity index (χ1n) is 10.6. The summed E-state index contributed by atoms with van der Waals surface area (Å²) < 4.78 is 6.18. The zero-order valence-corrected chi connectivity index (χ0v) is 17.3. The molecule has 2 bridgehead atoms. The van der Waals surface area contributed by atoms with E-state index in [1.807, 2.05) is 18.2 Å². The predicted octanol–water partition coefficient (Wildman–Crippen LogP) is 3.87. The third-order valence-corrected chi connectivity index (χ3v) is 6.29. The number of unbranched alkanes of at least 4 members (excludes halogenated alkanes) is 3. The molecule has 3 rings (SSSR count). The first-order chi connectivity index (χ1) is 13.6. The monoisotopic (exact) mass is 404 g/mol. The largest absolute Gasteiger partial charge is 0.481 e. The van der Waals surface area contributed by atoms with E-state index in [0.717, 1.165) is 43.6 Å². The zero-order valence-electron chi connectivity index (χ0n) is 16.4. The van der Waals surface area contributed by atoms with E-state index < -0.39 is 5.97 Å². The SMILES string of the molecule is O=C(O)CCCCCC[C@@H]1[C@@H](CNNC(=S)Cc2ccccc2)[C@H]2CC[C@@H]1O2. The van der Waals surface area contributed by atoms with Gasteiger partial charge in [0, 0.05) is 25.3 Å². The van der Waals surface area contributed by atoms with Gasteiger partial charge in [-0.3, -0.25) is 4.79 Å². The van der Waals surface area contributed by atoms with Gasteiger partial charge >= 0.3 is 5.97 Å². The van der Waals surface area contributed by atoms with Gasteiger partial charge in [-0.05, 0) is 37.2 Å². The van der Waals surface area contributed by atoms with E-state index in [1.165, 1.54) is 24.8 Å². The summed E-state index contributed by atoms with van der Waals surface area (Å²) in [6, 6.07) is 10.3. The minimum Gasteiger partial charge on any atom is -0.481 e. The Morgan fingerprint density at radius 3 is 2.54 bits per heavy atom. The zero-order chi connectivity index (χ0) is 19.8. The second-order valence-corrected chi connectivity index (χ2v) is 8.55. The summed E-state index contributed by atoms with van der Waals surface area (Å²) in [7, 11) is 0. The van der Waals surface area contributed by atoms with Gasteiger partial charge in [-0.25, -0.2) is 5.43 Å².